The zero-order valence-corrected chi connectivity index (χ0v) is 21.8. The van der Waals surface area contributed by atoms with E-state index in [0.29, 0.717) is 17.8 Å². The van der Waals surface area contributed by atoms with E-state index in [1.54, 1.807) is 0 Å². The van der Waals surface area contributed by atoms with Crippen molar-refractivity contribution in [2.24, 2.45) is 0 Å². The van der Waals surface area contributed by atoms with Crippen molar-refractivity contribution in [1.29, 1.82) is 0 Å². The Hall–Kier alpha value is -3.51. The van der Waals surface area contributed by atoms with Crippen molar-refractivity contribution in [3.05, 3.63) is 66.5 Å². The molecule has 0 bridgehead atoms. The summed E-state index contributed by atoms with van der Waals surface area (Å²) in [5.74, 6) is 0. The minimum absolute atomic E-state index is 0.453. The van der Waals surface area contributed by atoms with Gasteiger partial charge in [-0.25, -0.2) is 4.79 Å². The zero-order valence-electron chi connectivity index (χ0n) is 21.8. The molecular weight excluding hydrogens is 448 g/mol. The van der Waals surface area contributed by atoms with Crippen LogP contribution in [0.5, 0.6) is 0 Å². The van der Waals surface area contributed by atoms with E-state index in [1.165, 1.54) is 36.2 Å². The Kier molecular flexibility index (Phi) is 6.39. The number of nitrogens with zero attached hydrogens (tertiary/aromatic N) is 1. The van der Waals surface area contributed by atoms with Crippen molar-refractivity contribution in [2.75, 3.05) is 11.9 Å². The van der Waals surface area contributed by atoms with Gasteiger partial charge in [-0.2, -0.15) is 0 Å². The van der Waals surface area contributed by atoms with Gasteiger partial charge in [0.05, 0.1) is 6.04 Å². The maximum Gasteiger partial charge on any atom is 0.412 e. The van der Waals surface area contributed by atoms with Gasteiger partial charge in [0.15, 0.2) is 0 Å². The number of ether oxygens (including phenoxy) is 1. The molecule has 0 radical (unpaired) electrons. The normalized spacial score (nSPS) is 16.7. The van der Waals surface area contributed by atoms with Gasteiger partial charge in [0.25, 0.3) is 0 Å². The first-order chi connectivity index (χ1) is 17.2. The highest BCUT2D eigenvalue weighted by molar-refractivity contribution is 5.92. The van der Waals surface area contributed by atoms with E-state index in [2.05, 4.69) is 76.6 Å². The van der Waals surface area contributed by atoms with E-state index in [1.807, 2.05) is 39.0 Å². The number of anilines is 1. The Balaban J connectivity index is 1.31. The summed E-state index contributed by atoms with van der Waals surface area (Å²) in [5.41, 5.74) is 7.09. The van der Waals surface area contributed by atoms with Gasteiger partial charge in [0.2, 0.25) is 0 Å². The number of aromatic amines is 2. The van der Waals surface area contributed by atoms with Gasteiger partial charge in [-0.3, -0.25) is 10.2 Å². The van der Waals surface area contributed by atoms with Crippen LogP contribution in [0.15, 0.2) is 60.8 Å². The van der Waals surface area contributed by atoms with E-state index in [-0.39, 0.29) is 0 Å². The summed E-state index contributed by atoms with van der Waals surface area (Å²) in [5, 5.41) is 3.85. The van der Waals surface area contributed by atoms with Crippen molar-refractivity contribution >= 4 is 22.7 Å². The minimum Gasteiger partial charge on any atom is -0.444 e. The first-order valence-electron chi connectivity index (χ1n) is 12.8. The van der Waals surface area contributed by atoms with Crippen LogP contribution in [0.4, 0.5) is 10.5 Å². The second kappa shape index (κ2) is 9.51. The largest absolute Gasteiger partial charge is 0.444 e. The van der Waals surface area contributed by atoms with Crippen LogP contribution < -0.4 is 5.32 Å². The van der Waals surface area contributed by atoms with E-state index in [9.17, 15) is 4.79 Å². The maximum absolute atomic E-state index is 12.1. The summed E-state index contributed by atoms with van der Waals surface area (Å²) in [6, 6.07) is 19.9. The van der Waals surface area contributed by atoms with Crippen molar-refractivity contribution < 1.29 is 9.53 Å². The number of benzene rings is 2. The van der Waals surface area contributed by atoms with Crippen LogP contribution in [0.1, 0.15) is 59.2 Å². The highest BCUT2D eigenvalue weighted by Crippen LogP contribution is 2.35. The number of hydrogen-bond donors (Lipinski definition) is 3. The first kappa shape index (κ1) is 24.2. The van der Waals surface area contributed by atoms with Crippen LogP contribution in [0.2, 0.25) is 0 Å². The van der Waals surface area contributed by atoms with E-state index >= 15 is 0 Å². The minimum atomic E-state index is -0.533. The quantitative estimate of drug-likeness (QED) is 0.271. The molecule has 188 valence electrons. The molecule has 0 aliphatic carbocycles. The predicted octanol–water partition coefficient (Wildman–Crippen LogP) is 7.72. The fraction of sp³-hybridized carbons (Fsp3) is 0.367. The van der Waals surface area contributed by atoms with Crippen LogP contribution >= 0.6 is 0 Å². The summed E-state index contributed by atoms with van der Waals surface area (Å²) < 4.78 is 5.36. The number of fused-ring (bicyclic) bond motifs is 1. The molecule has 1 fully saturated rings. The SMILES string of the molecule is CC(C)N1CCCC1c1cc(-c2ccc(-c3cc4cc(NC(=O)OC(C)(C)C)ccc4[nH]3)cc2)c[nH]1. The molecule has 3 N–H and O–H groups in total. The molecule has 6 nitrogen and oxygen atoms in total. The number of H-pyrrole nitrogens is 2. The van der Waals surface area contributed by atoms with Gasteiger partial charge < -0.3 is 14.7 Å². The second-order valence-corrected chi connectivity index (χ2v) is 11.0. The van der Waals surface area contributed by atoms with Crippen molar-refractivity contribution in [3.63, 3.8) is 0 Å². The summed E-state index contributed by atoms with van der Waals surface area (Å²) >= 11 is 0. The molecule has 1 aliphatic heterocycles. The summed E-state index contributed by atoms with van der Waals surface area (Å²) in [4.78, 5) is 21.7. The summed E-state index contributed by atoms with van der Waals surface area (Å²) in [6.45, 7) is 11.3. The van der Waals surface area contributed by atoms with E-state index < -0.39 is 11.7 Å². The first-order valence-corrected chi connectivity index (χ1v) is 12.8. The Bertz CT molecular complexity index is 1360. The number of nitrogens with one attached hydrogen (secondary N) is 3. The lowest BCUT2D eigenvalue weighted by Gasteiger charge is -2.27. The van der Waals surface area contributed by atoms with E-state index in [4.69, 9.17) is 4.74 Å². The molecule has 4 aromatic rings. The van der Waals surface area contributed by atoms with Gasteiger partial charge in [-0.1, -0.05) is 24.3 Å². The molecular formula is C30H36N4O2. The molecule has 2 aromatic heterocycles. The molecule has 1 saturated heterocycles. The maximum atomic E-state index is 12.1. The molecule has 6 heteroatoms. The number of amides is 1. The van der Waals surface area contributed by atoms with Crippen molar-refractivity contribution in [1.82, 2.24) is 14.9 Å². The van der Waals surface area contributed by atoms with Crippen molar-refractivity contribution in [3.8, 4) is 22.4 Å². The number of aromatic nitrogens is 2. The van der Waals surface area contributed by atoms with Crippen LogP contribution in [0, 0.1) is 0 Å². The Morgan fingerprint density at radius 3 is 2.50 bits per heavy atom. The number of rotatable bonds is 5. The second-order valence-electron chi connectivity index (χ2n) is 11.0. The summed E-state index contributed by atoms with van der Waals surface area (Å²) in [7, 11) is 0. The van der Waals surface area contributed by atoms with Gasteiger partial charge in [0, 0.05) is 40.2 Å². The third-order valence-corrected chi connectivity index (χ3v) is 6.82. The number of carbonyl (C=O) groups excluding carboxylic acids is 1. The van der Waals surface area contributed by atoms with Crippen LogP contribution in [-0.4, -0.2) is 39.1 Å². The molecule has 0 spiro atoms. The van der Waals surface area contributed by atoms with Crippen molar-refractivity contribution in [2.45, 2.75) is 65.1 Å². The van der Waals surface area contributed by atoms with E-state index in [0.717, 1.165) is 22.2 Å². The average Bonchev–Trinajstić information content (AvgIpc) is 3.56. The van der Waals surface area contributed by atoms with Gasteiger partial charge in [-0.05, 0) is 101 Å². The van der Waals surface area contributed by atoms with Crippen LogP contribution in [-0.2, 0) is 4.74 Å². The van der Waals surface area contributed by atoms with Gasteiger partial charge in [0.1, 0.15) is 5.60 Å². The molecule has 0 saturated carbocycles. The Morgan fingerprint density at radius 2 is 1.78 bits per heavy atom. The lowest BCUT2D eigenvalue weighted by molar-refractivity contribution is 0.0636. The standard InChI is InChI=1S/C30H36N4O2/c1-19(2)34-14-6-7-28(34)27-17-23(18-31-27)20-8-10-21(11-9-20)26-16-22-15-24(12-13-25(22)33-26)32-29(35)36-30(3,4)5/h8-13,15-19,28,31,33H,6-7,14H2,1-5H3,(H,32,35). The number of hydrogen-bond acceptors (Lipinski definition) is 3. The smallest absolute Gasteiger partial charge is 0.412 e. The van der Waals surface area contributed by atoms with Crippen LogP contribution in [0.3, 0.4) is 0 Å². The molecule has 2 aromatic carbocycles. The topological polar surface area (TPSA) is 73.2 Å². The fourth-order valence-electron chi connectivity index (χ4n) is 5.14. The fourth-order valence-corrected chi connectivity index (χ4v) is 5.14. The lowest BCUT2D eigenvalue weighted by Crippen LogP contribution is -2.30. The van der Waals surface area contributed by atoms with Crippen LogP contribution in [0.25, 0.3) is 33.3 Å². The van der Waals surface area contributed by atoms with Gasteiger partial charge >= 0.3 is 6.09 Å². The molecule has 5 rings (SSSR count). The third-order valence-electron chi connectivity index (χ3n) is 6.82. The average molecular weight is 485 g/mol. The molecule has 36 heavy (non-hydrogen) atoms. The highest BCUT2D eigenvalue weighted by atomic mass is 16.6. The summed E-state index contributed by atoms with van der Waals surface area (Å²) in [6.07, 6.45) is 4.15. The Morgan fingerprint density at radius 1 is 1.03 bits per heavy atom. The third kappa shape index (κ3) is 5.19. The monoisotopic (exact) mass is 484 g/mol. The molecule has 1 atom stereocenters. The highest BCUT2D eigenvalue weighted by Gasteiger charge is 2.28. The Labute approximate surface area is 213 Å². The molecule has 1 unspecified atom stereocenters. The predicted molar refractivity (Wildman–Crippen MR) is 147 cm³/mol. The van der Waals surface area contributed by atoms with Gasteiger partial charge in [-0.15, -0.1) is 0 Å². The molecule has 3 heterocycles. The lowest BCUT2D eigenvalue weighted by atomic mass is 10.0. The molecule has 1 aliphatic rings. The number of carbonyl (C=O) groups is 1. The zero-order chi connectivity index (χ0) is 25.4. The molecule has 1 amide bonds. The number of likely N-dealkylation sites (tertiary alicyclic amines) is 1.